The molecular formula is C25H24N2O3. The van der Waals surface area contributed by atoms with Crippen LogP contribution in [-0.2, 0) is 16.0 Å². The molecule has 5 heteroatoms. The fourth-order valence-corrected chi connectivity index (χ4v) is 3.60. The van der Waals surface area contributed by atoms with Gasteiger partial charge in [-0.05, 0) is 28.8 Å². The van der Waals surface area contributed by atoms with Crippen molar-refractivity contribution in [2.24, 2.45) is 0 Å². The predicted octanol–water partition coefficient (Wildman–Crippen LogP) is 3.78. The summed E-state index contributed by atoms with van der Waals surface area (Å²) in [5.74, 6) is 0.334. The number of hydrogen-bond donors (Lipinski definition) is 0. The molecule has 0 N–H and O–H groups in total. The van der Waals surface area contributed by atoms with Gasteiger partial charge < -0.3 is 14.5 Å². The first-order chi connectivity index (χ1) is 14.5. The van der Waals surface area contributed by atoms with Gasteiger partial charge in [0.2, 0.25) is 5.91 Å². The van der Waals surface area contributed by atoms with Gasteiger partial charge in [-0.25, -0.2) is 0 Å². The second-order valence-electron chi connectivity index (χ2n) is 7.55. The van der Waals surface area contributed by atoms with Crippen LogP contribution >= 0.6 is 0 Å². The maximum Gasteiger partial charge on any atom is 0.265 e. The van der Waals surface area contributed by atoms with E-state index in [0.717, 1.165) is 16.7 Å². The van der Waals surface area contributed by atoms with Gasteiger partial charge in [0.15, 0.2) is 6.10 Å². The smallest absolute Gasteiger partial charge is 0.265 e. The first kappa shape index (κ1) is 19.7. The highest BCUT2D eigenvalue weighted by molar-refractivity contribution is 5.98. The van der Waals surface area contributed by atoms with Gasteiger partial charge >= 0.3 is 0 Å². The summed E-state index contributed by atoms with van der Waals surface area (Å²) in [4.78, 5) is 28.8. The third-order valence-electron chi connectivity index (χ3n) is 5.21. The van der Waals surface area contributed by atoms with Crippen LogP contribution in [0.1, 0.15) is 5.56 Å². The van der Waals surface area contributed by atoms with Gasteiger partial charge in [0.25, 0.3) is 5.91 Å². The molecule has 3 aromatic rings. The Balaban J connectivity index is 1.54. The third-order valence-corrected chi connectivity index (χ3v) is 5.21. The number of hydrogen-bond acceptors (Lipinski definition) is 3. The van der Waals surface area contributed by atoms with Crippen molar-refractivity contribution in [2.45, 2.75) is 12.5 Å². The molecule has 0 aromatic heterocycles. The molecule has 30 heavy (non-hydrogen) atoms. The lowest BCUT2D eigenvalue weighted by Crippen LogP contribution is -2.50. The van der Waals surface area contributed by atoms with E-state index in [2.05, 4.69) is 12.1 Å². The summed E-state index contributed by atoms with van der Waals surface area (Å²) in [5, 5.41) is 0. The number of nitrogens with zero attached hydrogens (tertiary/aromatic N) is 2. The van der Waals surface area contributed by atoms with E-state index in [4.69, 9.17) is 4.74 Å². The highest BCUT2D eigenvalue weighted by atomic mass is 16.5. The number of anilines is 1. The van der Waals surface area contributed by atoms with Crippen molar-refractivity contribution in [2.75, 3.05) is 25.5 Å². The molecule has 0 radical (unpaired) electrons. The van der Waals surface area contributed by atoms with Gasteiger partial charge in [0, 0.05) is 14.1 Å². The van der Waals surface area contributed by atoms with Crippen molar-refractivity contribution in [3.05, 3.63) is 84.4 Å². The fraction of sp³-hybridized carbons (Fsp3) is 0.200. The number of likely N-dealkylation sites (N-methyl/N-ethyl adjacent to an activating group) is 1. The van der Waals surface area contributed by atoms with Crippen LogP contribution in [-0.4, -0.2) is 43.5 Å². The Kier molecular flexibility index (Phi) is 5.53. The molecule has 0 unspecified atom stereocenters. The van der Waals surface area contributed by atoms with Crippen molar-refractivity contribution >= 4 is 17.5 Å². The number of carbonyl (C=O) groups excluding carboxylic acids is 2. The third kappa shape index (κ3) is 4.06. The zero-order chi connectivity index (χ0) is 21.1. The van der Waals surface area contributed by atoms with Crippen LogP contribution in [0.2, 0.25) is 0 Å². The van der Waals surface area contributed by atoms with Crippen LogP contribution < -0.4 is 9.64 Å². The van der Waals surface area contributed by atoms with Crippen molar-refractivity contribution < 1.29 is 14.3 Å². The lowest BCUT2D eigenvalue weighted by Gasteiger charge is -2.35. The van der Waals surface area contributed by atoms with Gasteiger partial charge in [0.1, 0.15) is 5.75 Å². The van der Waals surface area contributed by atoms with E-state index in [-0.39, 0.29) is 24.8 Å². The molecular weight excluding hydrogens is 376 g/mol. The molecule has 152 valence electrons. The Labute approximate surface area is 176 Å². The zero-order valence-electron chi connectivity index (χ0n) is 17.1. The molecule has 1 atom stereocenters. The summed E-state index contributed by atoms with van der Waals surface area (Å²) in [6.07, 6.45) is -0.453. The van der Waals surface area contributed by atoms with E-state index in [1.807, 2.05) is 60.7 Å². The number of amides is 2. The molecule has 2 amide bonds. The standard InChI is InChI=1S/C25H24N2O3/c1-26(2)25(29)23-17-27(21-10-6-7-11-22(21)30-23)24(28)16-18-12-14-20(15-13-18)19-8-4-3-5-9-19/h3-15,23H,16-17H2,1-2H3/t23-/m1/s1. The van der Waals surface area contributed by atoms with E-state index < -0.39 is 6.10 Å². The van der Waals surface area contributed by atoms with E-state index in [9.17, 15) is 9.59 Å². The zero-order valence-corrected chi connectivity index (χ0v) is 17.1. The second kappa shape index (κ2) is 8.41. The Bertz CT molecular complexity index is 1050. The largest absolute Gasteiger partial charge is 0.476 e. The highest BCUT2D eigenvalue weighted by Crippen LogP contribution is 2.34. The minimum Gasteiger partial charge on any atom is -0.476 e. The Morgan fingerprint density at radius 2 is 1.53 bits per heavy atom. The van der Waals surface area contributed by atoms with Crippen molar-refractivity contribution in [3.63, 3.8) is 0 Å². The predicted molar refractivity (Wildman–Crippen MR) is 117 cm³/mol. The molecule has 5 nitrogen and oxygen atoms in total. The van der Waals surface area contributed by atoms with Crippen LogP contribution in [0.25, 0.3) is 11.1 Å². The molecule has 3 aromatic carbocycles. The van der Waals surface area contributed by atoms with Crippen molar-refractivity contribution in [1.82, 2.24) is 4.90 Å². The van der Waals surface area contributed by atoms with Gasteiger partial charge in [0.05, 0.1) is 18.7 Å². The summed E-state index contributed by atoms with van der Waals surface area (Å²) in [6.45, 7) is 0.203. The van der Waals surface area contributed by atoms with Gasteiger partial charge in [-0.3, -0.25) is 9.59 Å². The topological polar surface area (TPSA) is 49.9 Å². The van der Waals surface area contributed by atoms with E-state index >= 15 is 0 Å². The minimum absolute atomic E-state index is 0.0604. The Morgan fingerprint density at radius 3 is 2.23 bits per heavy atom. The molecule has 0 aliphatic carbocycles. The van der Waals surface area contributed by atoms with Crippen LogP contribution in [0.15, 0.2) is 78.9 Å². The number of ether oxygens (including phenoxy) is 1. The SMILES string of the molecule is CN(C)C(=O)[C@H]1CN(C(=O)Cc2ccc(-c3ccccc3)cc2)c2ccccc2O1. The number of para-hydroxylation sites is 2. The molecule has 0 saturated heterocycles. The molecule has 1 heterocycles. The highest BCUT2D eigenvalue weighted by Gasteiger charge is 2.34. The van der Waals surface area contributed by atoms with Crippen LogP contribution in [0.3, 0.4) is 0 Å². The first-order valence-electron chi connectivity index (χ1n) is 9.94. The monoisotopic (exact) mass is 400 g/mol. The van der Waals surface area contributed by atoms with Gasteiger partial charge in [-0.1, -0.05) is 66.7 Å². The summed E-state index contributed by atoms with van der Waals surface area (Å²) < 4.78 is 5.87. The van der Waals surface area contributed by atoms with Crippen LogP contribution in [0, 0.1) is 0 Å². The molecule has 1 aliphatic heterocycles. The van der Waals surface area contributed by atoms with Crippen molar-refractivity contribution in [3.8, 4) is 16.9 Å². The Morgan fingerprint density at radius 1 is 0.900 bits per heavy atom. The lowest BCUT2D eigenvalue weighted by molar-refractivity contribution is -0.136. The maximum absolute atomic E-state index is 13.2. The Hall–Kier alpha value is -3.60. The number of carbonyl (C=O) groups is 2. The molecule has 1 aliphatic rings. The summed E-state index contributed by atoms with van der Waals surface area (Å²) in [7, 11) is 3.37. The lowest BCUT2D eigenvalue weighted by atomic mass is 10.0. The van der Waals surface area contributed by atoms with Crippen molar-refractivity contribution in [1.29, 1.82) is 0 Å². The maximum atomic E-state index is 13.2. The van der Waals surface area contributed by atoms with Gasteiger partial charge in [-0.2, -0.15) is 0 Å². The average Bonchev–Trinajstić information content (AvgIpc) is 2.78. The average molecular weight is 400 g/mol. The molecule has 0 fully saturated rings. The normalized spacial score (nSPS) is 15.1. The molecule has 4 rings (SSSR count). The molecule has 0 saturated carbocycles. The second-order valence-corrected chi connectivity index (χ2v) is 7.55. The van der Waals surface area contributed by atoms with Gasteiger partial charge in [-0.15, -0.1) is 0 Å². The van der Waals surface area contributed by atoms with E-state index in [0.29, 0.717) is 11.4 Å². The quantitative estimate of drug-likeness (QED) is 0.670. The van der Waals surface area contributed by atoms with Crippen LogP contribution in [0.5, 0.6) is 5.75 Å². The summed E-state index contributed by atoms with van der Waals surface area (Å²) in [5.41, 5.74) is 3.88. The van der Waals surface area contributed by atoms with E-state index in [1.165, 1.54) is 4.90 Å². The first-order valence-corrected chi connectivity index (χ1v) is 9.94. The number of rotatable bonds is 4. The van der Waals surface area contributed by atoms with Crippen LogP contribution in [0.4, 0.5) is 5.69 Å². The van der Waals surface area contributed by atoms with E-state index in [1.54, 1.807) is 25.1 Å². The minimum atomic E-state index is -0.709. The summed E-state index contributed by atoms with van der Waals surface area (Å²) in [6, 6.07) is 25.5. The number of fused-ring (bicyclic) bond motifs is 1. The number of benzene rings is 3. The fourth-order valence-electron chi connectivity index (χ4n) is 3.60. The molecule has 0 spiro atoms. The summed E-state index contributed by atoms with van der Waals surface area (Å²) >= 11 is 0. The molecule has 0 bridgehead atoms.